The Bertz CT molecular complexity index is 2050. The summed E-state index contributed by atoms with van der Waals surface area (Å²) < 4.78 is 68.9. The zero-order valence-electron chi connectivity index (χ0n) is 69.9. The molecule has 0 aliphatic carbocycles. The topological polar surface area (TPSA) is 237 Å². The van der Waals surface area contributed by atoms with Gasteiger partial charge in [-0.2, -0.15) is 0 Å². The summed E-state index contributed by atoms with van der Waals surface area (Å²) in [5.41, 5.74) is 0. The molecule has 0 saturated heterocycles. The van der Waals surface area contributed by atoms with E-state index in [1.54, 1.807) is 0 Å². The minimum Gasteiger partial charge on any atom is -0.462 e. The number of phosphoric ester groups is 2. The van der Waals surface area contributed by atoms with E-state index in [1.807, 2.05) is 0 Å². The standard InChI is InChI=1S/C87H170O17P2/c1-8-10-11-12-13-14-15-16-17-18-19-20-21-22-27-32-37-42-47-56-63-70-86(91)103-82(74-97-84(89)68-61-54-46-41-36-31-26-24-23-25-29-34-39-44-51-58-65-78(3)4)76-101-105(93,94)99-72-81(88)73-100-106(95,96)102-77-83(75-98-85(90)69-62-55-50-49-53-60-67-80(7)9-2)104-87(92)71-64-57-48-43-38-33-28-30-35-40-45-52-59-66-79(5)6/h78-83,88H,8-77H2,1-7H3,(H,93,94)(H,95,96)/t80?,81-,82-,83-/m1/s1. The molecule has 106 heavy (non-hydrogen) atoms. The summed E-state index contributed by atoms with van der Waals surface area (Å²) >= 11 is 0. The van der Waals surface area contributed by atoms with E-state index in [1.165, 1.54) is 263 Å². The number of phosphoric acid groups is 2. The minimum atomic E-state index is -4.97. The van der Waals surface area contributed by atoms with Gasteiger partial charge in [0.05, 0.1) is 26.4 Å². The number of unbranched alkanes of at least 4 members (excludes halogenated alkanes) is 52. The molecule has 0 heterocycles. The number of carbonyl (C=O) groups is 4. The van der Waals surface area contributed by atoms with Crippen LogP contribution in [0.25, 0.3) is 0 Å². The Morgan fingerprint density at radius 1 is 0.274 bits per heavy atom. The first kappa shape index (κ1) is 104. The highest BCUT2D eigenvalue weighted by molar-refractivity contribution is 7.47. The van der Waals surface area contributed by atoms with Crippen molar-refractivity contribution in [3.8, 4) is 0 Å². The summed E-state index contributed by atoms with van der Waals surface area (Å²) in [4.78, 5) is 73.2. The van der Waals surface area contributed by atoms with Crippen molar-refractivity contribution in [3.05, 3.63) is 0 Å². The highest BCUT2D eigenvalue weighted by Crippen LogP contribution is 2.45. The van der Waals surface area contributed by atoms with Gasteiger partial charge in [-0.3, -0.25) is 37.3 Å². The Morgan fingerprint density at radius 2 is 0.481 bits per heavy atom. The molecule has 0 rings (SSSR count). The SMILES string of the molecule is CCCCCCCCCCCCCCCCCCCCCCCC(=O)O[C@H](COC(=O)CCCCCCCCCCCCCCCCCCC(C)C)COP(=O)(O)OC[C@@H](O)COP(=O)(O)OC[C@@H](COC(=O)CCCCCCCCC(C)CC)OC(=O)CCCCCCCCCCCCCCCC(C)C. The highest BCUT2D eigenvalue weighted by atomic mass is 31.2. The molecule has 0 aromatic carbocycles. The van der Waals surface area contributed by atoms with Gasteiger partial charge in [-0.1, -0.05) is 408 Å². The summed E-state index contributed by atoms with van der Waals surface area (Å²) in [5, 5.41) is 10.7. The number of hydrogen-bond donors (Lipinski definition) is 3. The number of aliphatic hydroxyl groups is 1. The first-order valence-corrected chi connectivity index (χ1v) is 47.9. The van der Waals surface area contributed by atoms with Crippen molar-refractivity contribution in [1.29, 1.82) is 0 Å². The van der Waals surface area contributed by atoms with Crippen molar-refractivity contribution in [2.45, 2.75) is 478 Å². The van der Waals surface area contributed by atoms with Crippen LogP contribution < -0.4 is 0 Å². The summed E-state index contributed by atoms with van der Waals surface area (Å²) in [6.07, 6.45) is 68.2. The lowest BCUT2D eigenvalue weighted by atomic mass is 10.00. The maximum absolute atomic E-state index is 13.2. The molecule has 630 valence electrons. The number of rotatable bonds is 85. The van der Waals surface area contributed by atoms with Crippen molar-refractivity contribution in [2.24, 2.45) is 17.8 Å². The van der Waals surface area contributed by atoms with Gasteiger partial charge in [0.1, 0.15) is 19.3 Å². The third-order valence-electron chi connectivity index (χ3n) is 20.7. The van der Waals surface area contributed by atoms with E-state index in [2.05, 4.69) is 48.5 Å². The van der Waals surface area contributed by atoms with Crippen LogP contribution in [0.1, 0.15) is 459 Å². The zero-order chi connectivity index (χ0) is 77.9. The Morgan fingerprint density at radius 3 is 0.717 bits per heavy atom. The number of carbonyl (C=O) groups excluding carboxylic acids is 4. The maximum atomic E-state index is 13.2. The molecular weight excluding hydrogens is 1380 g/mol. The lowest BCUT2D eigenvalue weighted by Gasteiger charge is -2.21. The lowest BCUT2D eigenvalue weighted by Crippen LogP contribution is -2.30. The maximum Gasteiger partial charge on any atom is 0.472 e. The third kappa shape index (κ3) is 78.7. The molecule has 0 aliphatic rings. The van der Waals surface area contributed by atoms with Crippen LogP contribution in [-0.4, -0.2) is 96.7 Å². The van der Waals surface area contributed by atoms with Crippen molar-refractivity contribution < 1.29 is 80.2 Å². The van der Waals surface area contributed by atoms with Crippen molar-refractivity contribution in [2.75, 3.05) is 39.6 Å². The van der Waals surface area contributed by atoms with E-state index in [0.29, 0.717) is 25.7 Å². The van der Waals surface area contributed by atoms with Gasteiger partial charge < -0.3 is 33.8 Å². The van der Waals surface area contributed by atoms with Gasteiger partial charge in [-0.25, -0.2) is 9.13 Å². The molecule has 3 unspecified atom stereocenters. The Balaban J connectivity index is 5.23. The molecule has 3 N–H and O–H groups in total. The van der Waals surface area contributed by atoms with Gasteiger partial charge in [-0.15, -0.1) is 0 Å². The second-order valence-corrected chi connectivity index (χ2v) is 35.4. The van der Waals surface area contributed by atoms with E-state index in [0.717, 1.165) is 114 Å². The van der Waals surface area contributed by atoms with Crippen LogP contribution in [0.2, 0.25) is 0 Å². The fourth-order valence-corrected chi connectivity index (χ4v) is 15.1. The predicted octanol–water partition coefficient (Wildman–Crippen LogP) is 26.5. The van der Waals surface area contributed by atoms with Crippen LogP contribution in [0.3, 0.4) is 0 Å². The van der Waals surface area contributed by atoms with Crippen LogP contribution in [0, 0.1) is 17.8 Å². The average molecular weight is 1550 g/mol. The second kappa shape index (κ2) is 77.0. The number of aliphatic hydroxyl groups excluding tert-OH is 1. The Kier molecular flexibility index (Phi) is 75.6. The van der Waals surface area contributed by atoms with E-state index in [4.69, 9.17) is 37.0 Å². The monoisotopic (exact) mass is 1550 g/mol. The van der Waals surface area contributed by atoms with E-state index >= 15 is 0 Å². The summed E-state index contributed by atoms with van der Waals surface area (Å²) in [7, 11) is -9.93. The van der Waals surface area contributed by atoms with Crippen molar-refractivity contribution >= 4 is 39.5 Å². The highest BCUT2D eigenvalue weighted by Gasteiger charge is 2.31. The molecule has 19 heteroatoms. The lowest BCUT2D eigenvalue weighted by molar-refractivity contribution is -0.161. The van der Waals surface area contributed by atoms with Crippen LogP contribution in [0.4, 0.5) is 0 Å². The molecule has 6 atom stereocenters. The molecule has 0 aromatic rings. The quantitative estimate of drug-likeness (QED) is 0.0222. The summed E-state index contributed by atoms with van der Waals surface area (Å²) in [5.74, 6) is 0.225. The molecule has 0 radical (unpaired) electrons. The van der Waals surface area contributed by atoms with E-state index in [9.17, 15) is 43.2 Å². The van der Waals surface area contributed by atoms with Gasteiger partial charge in [-0.05, 0) is 43.4 Å². The summed E-state index contributed by atoms with van der Waals surface area (Å²) in [6.45, 7) is 12.0. The second-order valence-electron chi connectivity index (χ2n) is 32.5. The van der Waals surface area contributed by atoms with Gasteiger partial charge in [0.15, 0.2) is 12.2 Å². The molecular formula is C87H170O17P2. The first-order valence-electron chi connectivity index (χ1n) is 44.9. The Hall–Kier alpha value is -1.94. The zero-order valence-corrected chi connectivity index (χ0v) is 71.7. The van der Waals surface area contributed by atoms with Crippen molar-refractivity contribution in [1.82, 2.24) is 0 Å². The number of ether oxygens (including phenoxy) is 4. The molecule has 0 amide bonds. The molecule has 0 saturated carbocycles. The molecule has 17 nitrogen and oxygen atoms in total. The molecule has 0 aromatic heterocycles. The predicted molar refractivity (Wildman–Crippen MR) is 437 cm³/mol. The fourth-order valence-electron chi connectivity index (χ4n) is 13.5. The van der Waals surface area contributed by atoms with Crippen LogP contribution in [0.15, 0.2) is 0 Å². The normalized spacial score (nSPS) is 14.1. The van der Waals surface area contributed by atoms with E-state index < -0.39 is 97.5 Å². The fraction of sp³-hybridized carbons (Fsp3) is 0.954. The first-order chi connectivity index (χ1) is 51.3. The Labute approximate surface area is 651 Å². The molecule has 0 aliphatic heterocycles. The molecule has 0 spiro atoms. The summed E-state index contributed by atoms with van der Waals surface area (Å²) in [6, 6.07) is 0. The van der Waals surface area contributed by atoms with Gasteiger partial charge in [0.2, 0.25) is 0 Å². The van der Waals surface area contributed by atoms with Gasteiger partial charge in [0.25, 0.3) is 0 Å². The number of hydrogen-bond acceptors (Lipinski definition) is 15. The minimum absolute atomic E-state index is 0.106. The smallest absolute Gasteiger partial charge is 0.462 e. The van der Waals surface area contributed by atoms with Crippen molar-refractivity contribution in [3.63, 3.8) is 0 Å². The van der Waals surface area contributed by atoms with Gasteiger partial charge >= 0.3 is 39.5 Å². The largest absolute Gasteiger partial charge is 0.472 e. The van der Waals surface area contributed by atoms with Crippen LogP contribution in [-0.2, 0) is 65.4 Å². The molecule has 0 bridgehead atoms. The molecule has 0 fully saturated rings. The average Bonchev–Trinajstić information content (AvgIpc) is 0.907. The van der Waals surface area contributed by atoms with Crippen LogP contribution in [0.5, 0.6) is 0 Å². The van der Waals surface area contributed by atoms with E-state index in [-0.39, 0.29) is 25.7 Å². The van der Waals surface area contributed by atoms with Crippen LogP contribution >= 0.6 is 15.6 Å². The third-order valence-corrected chi connectivity index (χ3v) is 22.6. The van der Waals surface area contributed by atoms with Gasteiger partial charge in [0, 0.05) is 25.7 Å². The number of esters is 4.